The zero-order chi connectivity index (χ0) is 12.5. The Morgan fingerprint density at radius 3 is 3.06 bits per heavy atom. The second kappa shape index (κ2) is 4.61. The Balaban J connectivity index is 1.64. The first-order chi connectivity index (χ1) is 8.74. The molecule has 1 saturated heterocycles. The van der Waals surface area contributed by atoms with E-state index in [0.29, 0.717) is 6.54 Å². The predicted molar refractivity (Wildman–Crippen MR) is 68.4 cm³/mol. The van der Waals surface area contributed by atoms with Crippen LogP contribution in [0.25, 0.3) is 0 Å². The number of benzene rings is 1. The largest absolute Gasteiger partial charge is 0.488 e. The average Bonchev–Trinajstić information content (AvgIpc) is 2.77. The van der Waals surface area contributed by atoms with Crippen molar-refractivity contribution < 1.29 is 9.53 Å². The fourth-order valence-electron chi connectivity index (χ4n) is 2.75. The molecular weight excluding hydrogens is 228 g/mol. The Bertz CT molecular complexity index is 436. The molecule has 0 aliphatic carbocycles. The molecule has 0 aromatic heterocycles. The van der Waals surface area contributed by atoms with Crippen LogP contribution in [0.3, 0.4) is 0 Å². The third kappa shape index (κ3) is 2.08. The molecule has 2 aliphatic rings. The van der Waals surface area contributed by atoms with Crippen molar-refractivity contribution in [3.63, 3.8) is 0 Å². The Morgan fingerprint density at radius 1 is 1.39 bits per heavy atom. The van der Waals surface area contributed by atoms with Crippen molar-refractivity contribution in [2.45, 2.75) is 31.4 Å². The van der Waals surface area contributed by atoms with Gasteiger partial charge in [0.2, 0.25) is 5.91 Å². The first kappa shape index (κ1) is 11.5. The van der Waals surface area contributed by atoms with Crippen LogP contribution in [-0.4, -0.2) is 36.0 Å². The summed E-state index contributed by atoms with van der Waals surface area (Å²) in [6.07, 6.45) is 2.76. The van der Waals surface area contributed by atoms with E-state index in [0.717, 1.165) is 31.6 Å². The summed E-state index contributed by atoms with van der Waals surface area (Å²) >= 11 is 0. The summed E-state index contributed by atoms with van der Waals surface area (Å²) in [6, 6.07) is 7.75. The normalized spacial score (nSPS) is 26.9. The van der Waals surface area contributed by atoms with Crippen LogP contribution >= 0.6 is 0 Å². The number of carbonyl (C=O) groups is 1. The van der Waals surface area contributed by atoms with Crippen molar-refractivity contribution in [2.24, 2.45) is 5.73 Å². The third-order valence-corrected chi connectivity index (χ3v) is 3.71. The SMILES string of the molecule is NC1CCCN(CC2Cc3ccccc3O2)C1=O. The molecule has 2 N–H and O–H groups in total. The molecule has 2 atom stereocenters. The highest BCUT2D eigenvalue weighted by atomic mass is 16.5. The molecule has 1 fully saturated rings. The van der Waals surface area contributed by atoms with E-state index in [2.05, 4.69) is 6.07 Å². The number of hydrogen-bond acceptors (Lipinski definition) is 3. The average molecular weight is 246 g/mol. The predicted octanol–water partition coefficient (Wildman–Crippen LogP) is 0.940. The van der Waals surface area contributed by atoms with Gasteiger partial charge >= 0.3 is 0 Å². The van der Waals surface area contributed by atoms with E-state index < -0.39 is 0 Å². The van der Waals surface area contributed by atoms with Crippen molar-refractivity contribution in [2.75, 3.05) is 13.1 Å². The fourth-order valence-corrected chi connectivity index (χ4v) is 2.75. The van der Waals surface area contributed by atoms with Gasteiger partial charge in [0.25, 0.3) is 0 Å². The summed E-state index contributed by atoms with van der Waals surface area (Å²) in [7, 11) is 0. The molecule has 0 spiro atoms. The lowest BCUT2D eigenvalue weighted by Crippen LogP contribution is -2.51. The zero-order valence-electron chi connectivity index (χ0n) is 10.3. The van der Waals surface area contributed by atoms with Gasteiger partial charge in [-0.05, 0) is 24.5 Å². The topological polar surface area (TPSA) is 55.6 Å². The van der Waals surface area contributed by atoms with Gasteiger partial charge in [-0.1, -0.05) is 18.2 Å². The number of piperidine rings is 1. The molecule has 0 saturated carbocycles. The molecule has 1 aromatic rings. The second-order valence-corrected chi connectivity index (χ2v) is 5.08. The number of ether oxygens (including phenoxy) is 1. The van der Waals surface area contributed by atoms with Gasteiger partial charge in [-0.2, -0.15) is 0 Å². The van der Waals surface area contributed by atoms with E-state index >= 15 is 0 Å². The van der Waals surface area contributed by atoms with Crippen LogP contribution in [0.5, 0.6) is 5.75 Å². The Hall–Kier alpha value is -1.55. The van der Waals surface area contributed by atoms with Crippen molar-refractivity contribution in [3.05, 3.63) is 29.8 Å². The highest BCUT2D eigenvalue weighted by molar-refractivity contribution is 5.82. The van der Waals surface area contributed by atoms with Crippen LogP contribution in [0.4, 0.5) is 0 Å². The van der Waals surface area contributed by atoms with E-state index in [-0.39, 0.29) is 18.1 Å². The summed E-state index contributed by atoms with van der Waals surface area (Å²) < 4.78 is 5.86. The molecule has 4 heteroatoms. The molecule has 4 nitrogen and oxygen atoms in total. The van der Waals surface area contributed by atoms with Crippen molar-refractivity contribution in [3.8, 4) is 5.75 Å². The zero-order valence-corrected chi connectivity index (χ0v) is 10.3. The minimum absolute atomic E-state index is 0.0702. The summed E-state index contributed by atoms with van der Waals surface area (Å²) in [5, 5.41) is 0. The maximum absolute atomic E-state index is 11.9. The monoisotopic (exact) mass is 246 g/mol. The third-order valence-electron chi connectivity index (χ3n) is 3.71. The minimum Gasteiger partial charge on any atom is -0.488 e. The quantitative estimate of drug-likeness (QED) is 0.845. The molecule has 18 heavy (non-hydrogen) atoms. The molecule has 3 rings (SSSR count). The number of likely N-dealkylation sites (tertiary alicyclic amines) is 1. The van der Waals surface area contributed by atoms with Gasteiger partial charge in [0.05, 0.1) is 12.6 Å². The molecule has 2 aliphatic heterocycles. The molecule has 1 amide bonds. The molecule has 0 radical (unpaired) electrons. The maximum Gasteiger partial charge on any atom is 0.239 e. The van der Waals surface area contributed by atoms with E-state index in [9.17, 15) is 4.79 Å². The maximum atomic E-state index is 11.9. The van der Waals surface area contributed by atoms with Crippen LogP contribution in [0, 0.1) is 0 Å². The Morgan fingerprint density at radius 2 is 2.22 bits per heavy atom. The van der Waals surface area contributed by atoms with Crippen molar-refractivity contribution >= 4 is 5.91 Å². The lowest BCUT2D eigenvalue weighted by atomic mass is 10.0. The molecule has 2 unspecified atom stereocenters. The Labute approximate surface area is 107 Å². The summed E-state index contributed by atoms with van der Waals surface area (Å²) in [5.74, 6) is 1.03. The molecule has 1 aromatic carbocycles. The summed E-state index contributed by atoms with van der Waals surface area (Å²) in [5.41, 5.74) is 7.03. The number of rotatable bonds is 2. The van der Waals surface area contributed by atoms with Gasteiger partial charge in [-0.25, -0.2) is 0 Å². The van der Waals surface area contributed by atoms with Crippen LogP contribution in [-0.2, 0) is 11.2 Å². The smallest absolute Gasteiger partial charge is 0.239 e. The number of para-hydroxylation sites is 1. The second-order valence-electron chi connectivity index (χ2n) is 5.08. The molecule has 96 valence electrons. The van der Waals surface area contributed by atoms with Gasteiger partial charge in [0, 0.05) is 13.0 Å². The van der Waals surface area contributed by atoms with Crippen LogP contribution in [0.1, 0.15) is 18.4 Å². The van der Waals surface area contributed by atoms with E-state index in [1.807, 2.05) is 23.1 Å². The lowest BCUT2D eigenvalue weighted by Gasteiger charge is -2.32. The van der Waals surface area contributed by atoms with Gasteiger partial charge in [0.1, 0.15) is 11.9 Å². The van der Waals surface area contributed by atoms with Crippen LogP contribution < -0.4 is 10.5 Å². The van der Waals surface area contributed by atoms with Crippen LogP contribution in [0.15, 0.2) is 24.3 Å². The molecular formula is C14H18N2O2. The van der Waals surface area contributed by atoms with E-state index in [1.165, 1.54) is 5.56 Å². The lowest BCUT2D eigenvalue weighted by molar-refractivity contribution is -0.136. The summed E-state index contributed by atoms with van der Waals surface area (Å²) in [4.78, 5) is 13.8. The first-order valence-electron chi connectivity index (χ1n) is 6.53. The van der Waals surface area contributed by atoms with Crippen LogP contribution in [0.2, 0.25) is 0 Å². The number of amides is 1. The minimum atomic E-state index is -0.317. The number of hydrogen-bond donors (Lipinski definition) is 1. The number of fused-ring (bicyclic) bond motifs is 1. The fraction of sp³-hybridized carbons (Fsp3) is 0.500. The number of nitrogens with zero attached hydrogens (tertiary/aromatic N) is 1. The van der Waals surface area contributed by atoms with E-state index in [4.69, 9.17) is 10.5 Å². The van der Waals surface area contributed by atoms with Crippen molar-refractivity contribution in [1.82, 2.24) is 4.90 Å². The van der Waals surface area contributed by atoms with Crippen molar-refractivity contribution in [1.29, 1.82) is 0 Å². The van der Waals surface area contributed by atoms with Gasteiger partial charge in [-0.15, -0.1) is 0 Å². The number of nitrogens with two attached hydrogens (primary N) is 1. The Kier molecular flexibility index (Phi) is 2.96. The highest BCUT2D eigenvalue weighted by Gasteiger charge is 2.30. The molecule has 0 bridgehead atoms. The van der Waals surface area contributed by atoms with Gasteiger partial charge in [-0.3, -0.25) is 4.79 Å². The van der Waals surface area contributed by atoms with E-state index in [1.54, 1.807) is 0 Å². The van der Waals surface area contributed by atoms with Gasteiger partial charge in [0.15, 0.2) is 0 Å². The highest BCUT2D eigenvalue weighted by Crippen LogP contribution is 2.28. The standard InChI is InChI=1S/C14H18N2O2/c15-12-5-3-7-16(14(12)17)9-11-8-10-4-1-2-6-13(10)18-11/h1-2,4,6,11-12H,3,5,7-9,15H2. The molecule has 2 heterocycles. The van der Waals surface area contributed by atoms with Gasteiger partial charge < -0.3 is 15.4 Å². The summed E-state index contributed by atoms with van der Waals surface area (Å²) in [6.45, 7) is 1.46. The first-order valence-corrected chi connectivity index (χ1v) is 6.53. The number of carbonyl (C=O) groups excluding carboxylic acids is 1.